The smallest absolute Gasteiger partial charge is 0.261 e. The SMILES string of the molecule is CC(C)(C)[Si](OC1CC2CC2C1)(c1ccccc1)c1ccccc1. The summed E-state index contributed by atoms with van der Waals surface area (Å²) >= 11 is 0. The number of hydrogen-bond acceptors (Lipinski definition) is 1. The summed E-state index contributed by atoms with van der Waals surface area (Å²) in [6.07, 6.45) is 4.44. The Labute approximate surface area is 147 Å². The highest BCUT2D eigenvalue weighted by Gasteiger charge is 2.54. The van der Waals surface area contributed by atoms with Crippen molar-refractivity contribution < 1.29 is 4.43 Å². The van der Waals surface area contributed by atoms with E-state index < -0.39 is 8.32 Å². The second-order valence-corrected chi connectivity index (χ2v) is 12.9. The van der Waals surface area contributed by atoms with Gasteiger partial charge in [0.2, 0.25) is 0 Å². The maximum atomic E-state index is 7.18. The first-order valence-corrected chi connectivity index (χ1v) is 11.2. The average Bonchev–Trinajstić information content (AvgIpc) is 3.19. The molecule has 0 aromatic heterocycles. The maximum Gasteiger partial charge on any atom is 0.261 e. The number of benzene rings is 2. The fourth-order valence-electron chi connectivity index (χ4n) is 4.70. The van der Waals surface area contributed by atoms with Crippen LogP contribution in [-0.4, -0.2) is 14.4 Å². The molecule has 2 heteroatoms. The molecule has 0 amide bonds. The Morgan fingerprint density at radius 1 is 0.750 bits per heavy atom. The van der Waals surface area contributed by atoms with Gasteiger partial charge in [0.15, 0.2) is 0 Å². The Morgan fingerprint density at radius 2 is 1.21 bits per heavy atom. The summed E-state index contributed by atoms with van der Waals surface area (Å²) in [6.45, 7) is 7.11. The Balaban J connectivity index is 1.82. The fraction of sp³-hybridized carbons (Fsp3) is 0.455. The molecule has 2 fully saturated rings. The normalized spacial score (nSPS) is 26.2. The standard InChI is InChI=1S/C22H28OSi/c1-22(2,3)24(20-10-6-4-7-11-20,21-12-8-5-9-13-21)23-19-15-17-14-18(17)16-19/h4-13,17-19H,14-16H2,1-3H3. The van der Waals surface area contributed by atoms with E-state index in [1.54, 1.807) is 0 Å². The van der Waals surface area contributed by atoms with E-state index in [4.69, 9.17) is 4.43 Å². The molecule has 2 aromatic carbocycles. The van der Waals surface area contributed by atoms with Gasteiger partial charge in [-0.05, 0) is 46.5 Å². The summed E-state index contributed by atoms with van der Waals surface area (Å²) in [5.41, 5.74) is 0. The van der Waals surface area contributed by atoms with Crippen LogP contribution in [0.4, 0.5) is 0 Å². The summed E-state index contributed by atoms with van der Waals surface area (Å²) in [4.78, 5) is 0. The molecular weight excluding hydrogens is 308 g/mol. The monoisotopic (exact) mass is 336 g/mol. The Bertz CT molecular complexity index is 639. The van der Waals surface area contributed by atoms with Crippen molar-refractivity contribution in [2.75, 3.05) is 0 Å². The fourth-order valence-corrected chi connectivity index (χ4v) is 9.40. The summed E-state index contributed by atoms with van der Waals surface area (Å²) in [5.74, 6) is 1.90. The zero-order valence-electron chi connectivity index (χ0n) is 15.0. The maximum absolute atomic E-state index is 7.18. The molecule has 24 heavy (non-hydrogen) atoms. The lowest BCUT2D eigenvalue weighted by Crippen LogP contribution is -2.67. The summed E-state index contributed by atoms with van der Waals surface area (Å²) in [6, 6.07) is 22.1. The summed E-state index contributed by atoms with van der Waals surface area (Å²) in [5, 5.41) is 2.91. The zero-order chi connectivity index (χ0) is 16.8. The summed E-state index contributed by atoms with van der Waals surface area (Å²) < 4.78 is 7.18. The molecule has 2 atom stereocenters. The molecule has 0 spiro atoms. The minimum atomic E-state index is -2.32. The van der Waals surface area contributed by atoms with E-state index in [2.05, 4.69) is 81.4 Å². The van der Waals surface area contributed by atoms with Gasteiger partial charge in [-0.2, -0.15) is 0 Å². The Morgan fingerprint density at radius 3 is 1.62 bits per heavy atom. The minimum Gasteiger partial charge on any atom is -0.404 e. The average molecular weight is 337 g/mol. The zero-order valence-corrected chi connectivity index (χ0v) is 16.0. The van der Waals surface area contributed by atoms with E-state index in [0.29, 0.717) is 6.10 Å². The highest BCUT2D eigenvalue weighted by atomic mass is 28.4. The van der Waals surface area contributed by atoms with Gasteiger partial charge in [-0.1, -0.05) is 81.4 Å². The van der Waals surface area contributed by atoms with Gasteiger partial charge in [-0.3, -0.25) is 0 Å². The third-order valence-electron chi connectivity index (χ3n) is 5.96. The van der Waals surface area contributed by atoms with Crippen molar-refractivity contribution in [3.8, 4) is 0 Å². The topological polar surface area (TPSA) is 9.23 Å². The van der Waals surface area contributed by atoms with Gasteiger partial charge in [0.1, 0.15) is 0 Å². The second-order valence-electron chi connectivity index (χ2n) is 8.63. The van der Waals surface area contributed by atoms with Crippen LogP contribution in [0.15, 0.2) is 60.7 Å². The summed E-state index contributed by atoms with van der Waals surface area (Å²) in [7, 11) is -2.32. The Kier molecular flexibility index (Phi) is 3.93. The number of fused-ring (bicyclic) bond motifs is 1. The number of hydrogen-bond donors (Lipinski definition) is 0. The minimum absolute atomic E-state index is 0.0997. The van der Waals surface area contributed by atoms with Crippen LogP contribution in [0.2, 0.25) is 5.04 Å². The lowest BCUT2D eigenvalue weighted by Gasteiger charge is -2.45. The first-order valence-electron chi connectivity index (χ1n) is 9.29. The third kappa shape index (κ3) is 2.66. The highest BCUT2D eigenvalue weighted by Crippen LogP contribution is 2.54. The largest absolute Gasteiger partial charge is 0.404 e. The molecule has 2 aliphatic rings. The van der Waals surface area contributed by atoms with E-state index in [-0.39, 0.29) is 5.04 Å². The van der Waals surface area contributed by atoms with Crippen molar-refractivity contribution >= 4 is 18.7 Å². The quantitative estimate of drug-likeness (QED) is 0.754. The molecule has 0 heterocycles. The van der Waals surface area contributed by atoms with Gasteiger partial charge in [0.25, 0.3) is 8.32 Å². The van der Waals surface area contributed by atoms with Gasteiger partial charge in [-0.15, -0.1) is 0 Å². The lowest BCUT2D eigenvalue weighted by atomic mass is 10.2. The van der Waals surface area contributed by atoms with Crippen molar-refractivity contribution in [3.63, 3.8) is 0 Å². The van der Waals surface area contributed by atoms with Gasteiger partial charge < -0.3 is 4.43 Å². The van der Waals surface area contributed by atoms with Gasteiger partial charge in [0.05, 0.1) is 0 Å². The predicted octanol–water partition coefficient (Wildman–Crippen LogP) is 4.36. The number of rotatable bonds is 4. The van der Waals surface area contributed by atoms with Crippen LogP contribution in [0.3, 0.4) is 0 Å². The van der Waals surface area contributed by atoms with Gasteiger partial charge in [-0.25, -0.2) is 0 Å². The molecule has 1 nitrogen and oxygen atoms in total. The van der Waals surface area contributed by atoms with Gasteiger partial charge in [0, 0.05) is 6.10 Å². The molecular formula is C22H28OSi. The van der Waals surface area contributed by atoms with Crippen molar-refractivity contribution in [2.45, 2.75) is 51.2 Å². The van der Waals surface area contributed by atoms with Gasteiger partial charge >= 0.3 is 0 Å². The molecule has 2 unspecified atom stereocenters. The molecule has 2 aliphatic carbocycles. The molecule has 126 valence electrons. The van der Waals surface area contributed by atoms with E-state index in [1.807, 2.05) is 0 Å². The predicted molar refractivity (Wildman–Crippen MR) is 103 cm³/mol. The first-order chi connectivity index (χ1) is 11.5. The van der Waals surface area contributed by atoms with Crippen molar-refractivity contribution in [3.05, 3.63) is 60.7 Å². The first kappa shape index (κ1) is 16.1. The van der Waals surface area contributed by atoms with E-state index >= 15 is 0 Å². The molecule has 0 bridgehead atoms. The molecule has 0 N–H and O–H groups in total. The van der Waals surface area contributed by atoms with Crippen molar-refractivity contribution in [2.24, 2.45) is 11.8 Å². The Hall–Kier alpha value is -1.38. The molecule has 2 saturated carbocycles. The molecule has 0 radical (unpaired) electrons. The van der Waals surface area contributed by atoms with Crippen molar-refractivity contribution in [1.82, 2.24) is 0 Å². The van der Waals surface area contributed by atoms with Crippen molar-refractivity contribution in [1.29, 1.82) is 0 Å². The second kappa shape index (κ2) is 5.85. The van der Waals surface area contributed by atoms with Crippen LogP contribution >= 0.6 is 0 Å². The van der Waals surface area contributed by atoms with E-state index in [9.17, 15) is 0 Å². The van der Waals surface area contributed by atoms with Crippen LogP contribution in [-0.2, 0) is 4.43 Å². The highest BCUT2D eigenvalue weighted by molar-refractivity contribution is 6.99. The molecule has 2 aromatic rings. The lowest BCUT2D eigenvalue weighted by molar-refractivity contribution is 0.180. The molecule has 0 aliphatic heterocycles. The van der Waals surface area contributed by atoms with Crippen LogP contribution in [0.5, 0.6) is 0 Å². The third-order valence-corrected chi connectivity index (χ3v) is 11.1. The van der Waals surface area contributed by atoms with Crippen LogP contribution in [0.1, 0.15) is 40.0 Å². The molecule has 0 saturated heterocycles. The molecule has 4 rings (SSSR count). The van der Waals surface area contributed by atoms with Crippen LogP contribution in [0, 0.1) is 11.8 Å². The van der Waals surface area contributed by atoms with E-state index in [0.717, 1.165) is 11.8 Å². The van der Waals surface area contributed by atoms with Crippen LogP contribution in [0.25, 0.3) is 0 Å². The van der Waals surface area contributed by atoms with E-state index in [1.165, 1.54) is 29.6 Å². The van der Waals surface area contributed by atoms with Crippen LogP contribution < -0.4 is 10.4 Å².